The molecule has 0 spiro atoms. The Morgan fingerprint density at radius 3 is 2.86 bits per heavy atom. The second-order valence-electron chi connectivity index (χ2n) is 6.08. The molecule has 0 radical (unpaired) electrons. The minimum atomic E-state index is -0.681. The molecular weight excluding hydrogens is 260 g/mol. The minimum Gasteiger partial charge on any atom is -0.387 e. The molecule has 0 amide bonds. The Bertz CT molecular complexity index is 461. The lowest BCUT2D eigenvalue weighted by molar-refractivity contribution is 0.183. The summed E-state index contributed by atoms with van der Waals surface area (Å²) in [6, 6.07) is 9.77. The standard InChI is InChI=1S/C18H26N2O/c19-12-11-18(21)16-9-4-10-17(14-16)20-13-5-8-15-6-2-1-3-7-15/h4,9-10,14-15,18,20-21H,1-3,5-8,11,13H2. The van der Waals surface area contributed by atoms with Gasteiger partial charge in [-0.2, -0.15) is 5.26 Å². The third-order valence-corrected chi connectivity index (χ3v) is 4.40. The summed E-state index contributed by atoms with van der Waals surface area (Å²) in [5, 5.41) is 21.9. The number of hydrogen-bond acceptors (Lipinski definition) is 3. The van der Waals surface area contributed by atoms with Crippen molar-refractivity contribution in [2.24, 2.45) is 5.92 Å². The quantitative estimate of drug-likeness (QED) is 0.730. The molecule has 1 aliphatic rings. The molecule has 114 valence electrons. The van der Waals surface area contributed by atoms with Crippen LogP contribution in [0.4, 0.5) is 5.69 Å². The lowest BCUT2D eigenvalue weighted by Gasteiger charge is -2.21. The highest BCUT2D eigenvalue weighted by molar-refractivity contribution is 5.46. The highest BCUT2D eigenvalue weighted by atomic mass is 16.3. The molecule has 0 heterocycles. The Kier molecular flexibility index (Phi) is 6.56. The van der Waals surface area contributed by atoms with Gasteiger partial charge >= 0.3 is 0 Å². The molecule has 0 aliphatic heterocycles. The van der Waals surface area contributed by atoms with E-state index in [4.69, 9.17) is 5.26 Å². The summed E-state index contributed by atoms with van der Waals surface area (Å²) >= 11 is 0. The van der Waals surface area contributed by atoms with Gasteiger partial charge < -0.3 is 10.4 Å². The molecule has 1 aliphatic carbocycles. The van der Waals surface area contributed by atoms with Gasteiger partial charge in [-0.1, -0.05) is 44.2 Å². The number of anilines is 1. The van der Waals surface area contributed by atoms with E-state index < -0.39 is 6.10 Å². The van der Waals surface area contributed by atoms with Gasteiger partial charge in [-0.05, 0) is 36.5 Å². The lowest BCUT2D eigenvalue weighted by Crippen LogP contribution is -2.09. The predicted octanol–water partition coefficient (Wildman–Crippen LogP) is 4.41. The summed E-state index contributed by atoms with van der Waals surface area (Å²) in [6.07, 6.45) is 9.07. The number of nitrogens with zero attached hydrogens (tertiary/aromatic N) is 1. The first-order chi connectivity index (χ1) is 10.3. The van der Waals surface area contributed by atoms with Gasteiger partial charge in [0, 0.05) is 12.2 Å². The smallest absolute Gasteiger partial charge is 0.0920 e. The Hall–Kier alpha value is -1.53. The fourth-order valence-corrected chi connectivity index (χ4v) is 3.16. The number of rotatable bonds is 7. The Labute approximate surface area is 128 Å². The molecule has 3 heteroatoms. The van der Waals surface area contributed by atoms with Crippen molar-refractivity contribution in [3.05, 3.63) is 29.8 Å². The van der Waals surface area contributed by atoms with Crippen LogP contribution in [-0.4, -0.2) is 11.7 Å². The number of benzene rings is 1. The molecule has 1 unspecified atom stereocenters. The summed E-state index contributed by atoms with van der Waals surface area (Å²) < 4.78 is 0. The fourth-order valence-electron chi connectivity index (χ4n) is 3.16. The molecule has 2 rings (SSSR count). The van der Waals surface area contributed by atoms with Crippen molar-refractivity contribution in [3.8, 4) is 6.07 Å². The number of aliphatic hydroxyl groups excluding tert-OH is 1. The van der Waals surface area contributed by atoms with E-state index in [1.807, 2.05) is 30.3 Å². The van der Waals surface area contributed by atoms with Crippen LogP contribution in [0.3, 0.4) is 0 Å². The van der Waals surface area contributed by atoms with E-state index in [2.05, 4.69) is 5.32 Å². The second-order valence-corrected chi connectivity index (χ2v) is 6.08. The maximum Gasteiger partial charge on any atom is 0.0920 e. The SMILES string of the molecule is N#CCC(O)c1cccc(NCCCC2CCCCC2)c1. The van der Waals surface area contributed by atoms with Crippen molar-refractivity contribution in [2.75, 3.05) is 11.9 Å². The Morgan fingerprint density at radius 1 is 1.29 bits per heavy atom. The maximum atomic E-state index is 9.84. The molecule has 1 fully saturated rings. The van der Waals surface area contributed by atoms with Crippen LogP contribution < -0.4 is 5.32 Å². The van der Waals surface area contributed by atoms with Crippen molar-refractivity contribution in [1.82, 2.24) is 0 Å². The summed E-state index contributed by atoms with van der Waals surface area (Å²) in [7, 11) is 0. The largest absolute Gasteiger partial charge is 0.387 e. The molecule has 0 aromatic heterocycles. The minimum absolute atomic E-state index is 0.144. The summed E-state index contributed by atoms with van der Waals surface area (Å²) in [6.45, 7) is 0.980. The number of hydrogen-bond donors (Lipinski definition) is 2. The second kappa shape index (κ2) is 8.69. The van der Waals surface area contributed by atoms with Crippen molar-refractivity contribution in [2.45, 2.75) is 57.5 Å². The molecule has 0 saturated heterocycles. The summed E-state index contributed by atoms with van der Waals surface area (Å²) in [5.41, 5.74) is 1.85. The summed E-state index contributed by atoms with van der Waals surface area (Å²) in [5.74, 6) is 0.935. The van der Waals surface area contributed by atoms with Crippen LogP contribution in [0.2, 0.25) is 0 Å². The first-order valence-corrected chi connectivity index (χ1v) is 8.18. The number of nitriles is 1. The molecule has 1 aromatic rings. The molecule has 1 saturated carbocycles. The van der Waals surface area contributed by atoms with Crippen LogP contribution >= 0.6 is 0 Å². The van der Waals surface area contributed by atoms with Crippen LogP contribution in [-0.2, 0) is 0 Å². The molecule has 21 heavy (non-hydrogen) atoms. The molecule has 3 nitrogen and oxygen atoms in total. The van der Waals surface area contributed by atoms with Crippen molar-refractivity contribution in [1.29, 1.82) is 5.26 Å². The average Bonchev–Trinajstić information content (AvgIpc) is 2.53. The van der Waals surface area contributed by atoms with Gasteiger partial charge in [0.1, 0.15) is 0 Å². The van der Waals surface area contributed by atoms with E-state index in [-0.39, 0.29) is 6.42 Å². The number of aliphatic hydroxyl groups is 1. The molecule has 1 aromatic carbocycles. The highest BCUT2D eigenvalue weighted by Gasteiger charge is 2.12. The van der Waals surface area contributed by atoms with Crippen molar-refractivity contribution in [3.63, 3.8) is 0 Å². The van der Waals surface area contributed by atoms with Gasteiger partial charge in [0.25, 0.3) is 0 Å². The van der Waals surface area contributed by atoms with Gasteiger partial charge in [0.05, 0.1) is 18.6 Å². The highest BCUT2D eigenvalue weighted by Crippen LogP contribution is 2.27. The van der Waals surface area contributed by atoms with E-state index in [0.717, 1.165) is 23.7 Å². The van der Waals surface area contributed by atoms with E-state index >= 15 is 0 Å². The Balaban J connectivity index is 1.72. The van der Waals surface area contributed by atoms with Gasteiger partial charge in [0.15, 0.2) is 0 Å². The number of nitrogens with one attached hydrogen (secondary N) is 1. The van der Waals surface area contributed by atoms with E-state index in [9.17, 15) is 5.11 Å². The van der Waals surface area contributed by atoms with E-state index in [0.29, 0.717) is 0 Å². The van der Waals surface area contributed by atoms with E-state index in [1.54, 1.807) is 0 Å². The topological polar surface area (TPSA) is 56.0 Å². The third-order valence-electron chi connectivity index (χ3n) is 4.40. The van der Waals surface area contributed by atoms with Gasteiger partial charge in [0.2, 0.25) is 0 Å². The van der Waals surface area contributed by atoms with Crippen molar-refractivity contribution < 1.29 is 5.11 Å². The first kappa shape index (κ1) is 15.9. The maximum absolute atomic E-state index is 9.84. The molecule has 1 atom stereocenters. The van der Waals surface area contributed by atoms with Crippen LogP contribution in [0.1, 0.15) is 63.0 Å². The lowest BCUT2D eigenvalue weighted by atomic mass is 9.86. The Morgan fingerprint density at radius 2 is 2.10 bits per heavy atom. The zero-order valence-corrected chi connectivity index (χ0v) is 12.7. The summed E-state index contributed by atoms with van der Waals surface area (Å²) in [4.78, 5) is 0. The van der Waals surface area contributed by atoms with Crippen LogP contribution in [0.5, 0.6) is 0 Å². The average molecular weight is 286 g/mol. The zero-order chi connectivity index (χ0) is 14.9. The molecule has 2 N–H and O–H groups in total. The van der Waals surface area contributed by atoms with Crippen LogP contribution in [0.25, 0.3) is 0 Å². The van der Waals surface area contributed by atoms with Crippen LogP contribution in [0, 0.1) is 17.2 Å². The molecular formula is C18H26N2O. The predicted molar refractivity (Wildman–Crippen MR) is 85.9 cm³/mol. The van der Waals surface area contributed by atoms with Crippen LogP contribution in [0.15, 0.2) is 24.3 Å². The van der Waals surface area contributed by atoms with Gasteiger partial charge in [-0.25, -0.2) is 0 Å². The van der Waals surface area contributed by atoms with Gasteiger partial charge in [-0.15, -0.1) is 0 Å². The van der Waals surface area contributed by atoms with E-state index in [1.165, 1.54) is 44.9 Å². The molecule has 0 bridgehead atoms. The third kappa shape index (κ3) is 5.40. The fraction of sp³-hybridized carbons (Fsp3) is 0.611. The first-order valence-electron chi connectivity index (χ1n) is 8.18. The monoisotopic (exact) mass is 286 g/mol. The zero-order valence-electron chi connectivity index (χ0n) is 12.7. The van der Waals surface area contributed by atoms with Crippen molar-refractivity contribution >= 4 is 5.69 Å². The van der Waals surface area contributed by atoms with Gasteiger partial charge in [-0.3, -0.25) is 0 Å². The normalized spacial score (nSPS) is 17.1.